The number of furan rings is 1. The van der Waals surface area contributed by atoms with Crippen molar-refractivity contribution in [3.8, 4) is 0 Å². The van der Waals surface area contributed by atoms with Crippen LogP contribution < -0.4 is 5.73 Å². The number of halogens is 1. The van der Waals surface area contributed by atoms with Gasteiger partial charge in [-0.3, -0.25) is 5.21 Å². The zero-order chi connectivity index (χ0) is 11.0. The molecule has 82 valence electrons. The van der Waals surface area contributed by atoms with Crippen molar-refractivity contribution in [2.45, 2.75) is 12.3 Å². The molecule has 0 aliphatic heterocycles. The molecule has 0 bridgehead atoms. The molecule has 2 atom stereocenters. The van der Waals surface area contributed by atoms with Crippen molar-refractivity contribution in [2.75, 3.05) is 6.54 Å². The largest absolute Gasteiger partial charge is 0.454 e. The smallest absolute Gasteiger partial charge is 0.338 e. The Labute approximate surface area is 94.9 Å². The third-order valence-corrected chi connectivity index (χ3v) is 2.97. The van der Waals surface area contributed by atoms with E-state index in [1.54, 1.807) is 0 Å². The van der Waals surface area contributed by atoms with Crippen LogP contribution in [0, 0.1) is 5.92 Å². The summed E-state index contributed by atoms with van der Waals surface area (Å²) >= 11 is 3.22. The maximum absolute atomic E-state index is 10.6. The lowest BCUT2D eigenvalue weighted by molar-refractivity contribution is -0.0433. The molecule has 1 aliphatic carbocycles. The van der Waals surface area contributed by atoms with Gasteiger partial charge in [0.25, 0.3) is 0 Å². The molecular weight excluding hydrogens is 264 g/mol. The third-order valence-electron chi connectivity index (χ3n) is 2.54. The van der Waals surface area contributed by atoms with Crippen LogP contribution in [0.5, 0.6) is 0 Å². The summed E-state index contributed by atoms with van der Waals surface area (Å²) in [6, 6.07) is 2.90. The summed E-state index contributed by atoms with van der Waals surface area (Å²) in [6.07, 6.45) is 0.907. The highest BCUT2D eigenvalue weighted by Gasteiger charge is 2.42. The quantitative estimate of drug-likeness (QED) is 0.653. The van der Waals surface area contributed by atoms with E-state index in [2.05, 4.69) is 15.9 Å². The fourth-order valence-corrected chi connectivity index (χ4v) is 1.96. The summed E-state index contributed by atoms with van der Waals surface area (Å²) in [6.45, 7) is 0.262. The fraction of sp³-hybridized carbons (Fsp3) is 0.444. The highest BCUT2D eigenvalue weighted by molar-refractivity contribution is 9.10. The van der Waals surface area contributed by atoms with E-state index in [0.717, 1.165) is 12.2 Å². The van der Waals surface area contributed by atoms with E-state index in [1.807, 2.05) is 12.1 Å². The molecule has 3 N–H and O–H groups in total. The Balaban J connectivity index is 1.89. The van der Waals surface area contributed by atoms with Crippen LogP contribution in [0.1, 0.15) is 18.1 Å². The molecule has 2 amide bonds. The van der Waals surface area contributed by atoms with Gasteiger partial charge in [0.1, 0.15) is 5.76 Å². The summed E-state index contributed by atoms with van der Waals surface area (Å²) in [5.74, 6) is 1.40. The van der Waals surface area contributed by atoms with E-state index in [-0.39, 0.29) is 18.4 Å². The topological polar surface area (TPSA) is 79.7 Å². The summed E-state index contributed by atoms with van der Waals surface area (Å²) in [4.78, 5) is 10.6. The summed E-state index contributed by atoms with van der Waals surface area (Å²) in [5, 5.41) is 9.67. The van der Waals surface area contributed by atoms with E-state index in [4.69, 9.17) is 15.4 Å². The van der Waals surface area contributed by atoms with Crippen LogP contribution in [0.4, 0.5) is 4.79 Å². The van der Waals surface area contributed by atoms with Crippen molar-refractivity contribution in [2.24, 2.45) is 11.7 Å². The second kappa shape index (κ2) is 3.86. The second-order valence-corrected chi connectivity index (χ2v) is 4.45. The third kappa shape index (κ3) is 2.32. The van der Waals surface area contributed by atoms with Crippen LogP contribution in [0.15, 0.2) is 21.2 Å². The van der Waals surface area contributed by atoms with Crippen molar-refractivity contribution in [3.63, 3.8) is 0 Å². The number of urea groups is 1. The number of hydrogen-bond acceptors (Lipinski definition) is 3. The summed E-state index contributed by atoms with van der Waals surface area (Å²) in [7, 11) is 0. The summed E-state index contributed by atoms with van der Waals surface area (Å²) in [5.41, 5.74) is 4.91. The number of hydroxylamine groups is 2. The molecule has 15 heavy (non-hydrogen) atoms. The number of nitrogens with two attached hydrogens (primary N) is 1. The lowest BCUT2D eigenvalue weighted by Crippen LogP contribution is -2.34. The zero-order valence-electron chi connectivity index (χ0n) is 7.89. The Morgan fingerprint density at radius 2 is 2.47 bits per heavy atom. The second-order valence-electron chi connectivity index (χ2n) is 3.66. The van der Waals surface area contributed by atoms with Gasteiger partial charge in [-0.1, -0.05) is 0 Å². The molecule has 0 radical (unpaired) electrons. The molecule has 2 rings (SSSR count). The molecular formula is C9H11BrN2O3. The van der Waals surface area contributed by atoms with Crippen molar-refractivity contribution in [3.05, 3.63) is 22.6 Å². The standard InChI is InChI=1S/C9H11BrN2O3/c10-8-2-1-7(15-8)6-3-5(6)4-12(14)9(11)13/h1-2,5-6,14H,3-4H2,(H2,11,13)/t5-,6+/m0/s1. The molecule has 6 heteroatoms. The highest BCUT2D eigenvalue weighted by atomic mass is 79.9. The highest BCUT2D eigenvalue weighted by Crippen LogP contribution is 2.48. The molecule has 1 saturated carbocycles. The van der Waals surface area contributed by atoms with Crippen LogP contribution in [0.3, 0.4) is 0 Å². The first-order valence-electron chi connectivity index (χ1n) is 4.59. The van der Waals surface area contributed by atoms with Crippen molar-refractivity contribution >= 4 is 22.0 Å². The predicted molar refractivity (Wildman–Crippen MR) is 55.3 cm³/mol. The molecule has 0 spiro atoms. The van der Waals surface area contributed by atoms with Crippen LogP contribution >= 0.6 is 15.9 Å². The van der Waals surface area contributed by atoms with Gasteiger partial charge in [0.2, 0.25) is 0 Å². The molecule has 1 heterocycles. The van der Waals surface area contributed by atoms with Gasteiger partial charge >= 0.3 is 6.03 Å². The first kappa shape index (κ1) is 10.5. The predicted octanol–water partition coefficient (Wildman–Crippen LogP) is 1.92. The molecule has 5 nitrogen and oxygen atoms in total. The van der Waals surface area contributed by atoms with Crippen molar-refractivity contribution < 1.29 is 14.4 Å². The number of carbonyl (C=O) groups is 1. The minimum atomic E-state index is -0.818. The van der Waals surface area contributed by atoms with Gasteiger partial charge in [-0.05, 0) is 40.4 Å². The first-order chi connectivity index (χ1) is 7.08. The molecule has 1 aliphatic rings. The Kier molecular flexibility index (Phi) is 2.70. The average molecular weight is 275 g/mol. The molecule has 1 fully saturated rings. The van der Waals surface area contributed by atoms with E-state index >= 15 is 0 Å². The van der Waals surface area contributed by atoms with Gasteiger partial charge in [0.15, 0.2) is 4.67 Å². The Morgan fingerprint density at radius 3 is 3.00 bits per heavy atom. The lowest BCUT2D eigenvalue weighted by atomic mass is 10.2. The van der Waals surface area contributed by atoms with Crippen LogP contribution in [0.25, 0.3) is 0 Å². The number of rotatable bonds is 3. The van der Waals surface area contributed by atoms with Crippen molar-refractivity contribution in [1.29, 1.82) is 0 Å². The Hall–Kier alpha value is -1.01. The van der Waals surface area contributed by atoms with Gasteiger partial charge in [0.05, 0.1) is 6.54 Å². The Bertz CT molecular complexity index is 379. The summed E-state index contributed by atoms with van der Waals surface area (Å²) < 4.78 is 6.07. The first-order valence-corrected chi connectivity index (χ1v) is 5.38. The van der Waals surface area contributed by atoms with E-state index < -0.39 is 6.03 Å². The van der Waals surface area contributed by atoms with Crippen LogP contribution in [-0.2, 0) is 0 Å². The molecule has 0 unspecified atom stereocenters. The minimum absolute atomic E-state index is 0.237. The maximum atomic E-state index is 10.6. The minimum Gasteiger partial charge on any atom is -0.454 e. The normalized spacial score (nSPS) is 23.9. The number of hydrogen-bond donors (Lipinski definition) is 2. The zero-order valence-corrected chi connectivity index (χ0v) is 9.48. The average Bonchev–Trinajstić information content (AvgIpc) is 2.79. The van der Waals surface area contributed by atoms with Gasteiger partial charge < -0.3 is 10.2 Å². The van der Waals surface area contributed by atoms with Crippen LogP contribution in [-0.4, -0.2) is 22.8 Å². The van der Waals surface area contributed by atoms with Gasteiger partial charge in [-0.25, -0.2) is 9.86 Å². The monoisotopic (exact) mass is 274 g/mol. The number of amides is 2. The van der Waals surface area contributed by atoms with Crippen molar-refractivity contribution in [1.82, 2.24) is 5.06 Å². The number of nitrogens with zero attached hydrogens (tertiary/aromatic N) is 1. The van der Waals surface area contributed by atoms with E-state index in [9.17, 15) is 4.79 Å². The maximum Gasteiger partial charge on any atom is 0.338 e. The molecule has 0 saturated heterocycles. The molecule has 1 aromatic heterocycles. The fourth-order valence-electron chi connectivity index (χ4n) is 1.64. The molecule has 0 aromatic carbocycles. The lowest BCUT2D eigenvalue weighted by Gasteiger charge is -2.10. The van der Waals surface area contributed by atoms with E-state index in [0.29, 0.717) is 9.73 Å². The number of carbonyl (C=O) groups excluding carboxylic acids is 1. The molecule has 1 aromatic rings. The van der Waals surface area contributed by atoms with E-state index in [1.165, 1.54) is 0 Å². The van der Waals surface area contributed by atoms with Crippen LogP contribution in [0.2, 0.25) is 0 Å². The SMILES string of the molecule is NC(=O)N(O)C[C@@H]1C[C@H]1c1ccc(Br)o1. The van der Waals surface area contributed by atoms with Gasteiger partial charge in [-0.15, -0.1) is 0 Å². The Morgan fingerprint density at radius 1 is 1.73 bits per heavy atom. The number of primary amides is 1. The van der Waals surface area contributed by atoms with Gasteiger partial charge in [-0.2, -0.15) is 0 Å². The van der Waals surface area contributed by atoms with Gasteiger partial charge in [0, 0.05) is 5.92 Å².